The van der Waals surface area contributed by atoms with Crippen molar-refractivity contribution >= 4 is 45.9 Å². The highest BCUT2D eigenvalue weighted by Gasteiger charge is 2.10. The van der Waals surface area contributed by atoms with Crippen LogP contribution in [0.15, 0.2) is 53.2 Å². The second kappa shape index (κ2) is 11.5. The van der Waals surface area contributed by atoms with Crippen LogP contribution in [-0.2, 0) is 22.4 Å². The number of methoxy groups -OCH3 is 1. The molecule has 0 bridgehead atoms. The summed E-state index contributed by atoms with van der Waals surface area (Å²) < 4.78 is 5.40. The minimum atomic E-state index is -0.0461. The number of hydrogen-bond donors (Lipinski definition) is 2. The first kappa shape index (κ1) is 22.1. The number of aryl methyl sites for hydroxylation is 2. The molecule has 2 amide bonds. The Morgan fingerprint density at radius 1 is 0.867 bits per heavy atom. The van der Waals surface area contributed by atoms with E-state index in [4.69, 9.17) is 4.74 Å². The van der Waals surface area contributed by atoms with Crippen LogP contribution in [0.25, 0.3) is 0 Å². The van der Waals surface area contributed by atoms with Crippen molar-refractivity contribution in [3.63, 3.8) is 0 Å². The third kappa shape index (κ3) is 7.00. The molecule has 3 rings (SSSR count). The van der Waals surface area contributed by atoms with Gasteiger partial charge in [0.25, 0.3) is 0 Å². The smallest absolute Gasteiger partial charge is 0.224 e. The number of hydrogen-bond acceptors (Lipinski definition) is 5. The van der Waals surface area contributed by atoms with Crippen LogP contribution in [0.4, 0.5) is 11.4 Å². The zero-order chi connectivity index (χ0) is 21.2. The van der Waals surface area contributed by atoms with Crippen molar-refractivity contribution in [1.29, 1.82) is 0 Å². The number of thiophene rings is 2. The Kier molecular flexibility index (Phi) is 8.47. The van der Waals surface area contributed by atoms with Gasteiger partial charge in [0, 0.05) is 34.3 Å². The Labute approximate surface area is 185 Å². The van der Waals surface area contributed by atoms with Gasteiger partial charge in [0.1, 0.15) is 5.75 Å². The Balaban J connectivity index is 1.46. The topological polar surface area (TPSA) is 67.4 Å². The molecule has 2 N–H and O–H groups in total. The Morgan fingerprint density at radius 2 is 1.47 bits per heavy atom. The van der Waals surface area contributed by atoms with Gasteiger partial charge in [-0.2, -0.15) is 0 Å². The molecule has 3 aromatic rings. The van der Waals surface area contributed by atoms with Gasteiger partial charge in [-0.15, -0.1) is 22.7 Å². The van der Waals surface area contributed by atoms with E-state index in [2.05, 4.69) is 22.8 Å². The first-order chi connectivity index (χ1) is 14.6. The quantitative estimate of drug-likeness (QED) is 0.398. The highest BCUT2D eigenvalue weighted by Crippen LogP contribution is 2.28. The van der Waals surface area contributed by atoms with Crippen molar-refractivity contribution in [3.05, 3.63) is 63.0 Å². The molecule has 158 valence electrons. The van der Waals surface area contributed by atoms with Crippen molar-refractivity contribution in [2.24, 2.45) is 0 Å². The summed E-state index contributed by atoms with van der Waals surface area (Å²) in [6, 6.07) is 13.5. The molecule has 0 radical (unpaired) electrons. The van der Waals surface area contributed by atoms with E-state index in [1.807, 2.05) is 22.9 Å². The number of carbonyl (C=O) groups excluding carboxylic acids is 2. The molecule has 2 aromatic heterocycles. The Hall–Kier alpha value is -2.64. The maximum Gasteiger partial charge on any atom is 0.224 e. The van der Waals surface area contributed by atoms with E-state index < -0.39 is 0 Å². The van der Waals surface area contributed by atoms with E-state index in [0.29, 0.717) is 30.0 Å². The van der Waals surface area contributed by atoms with Gasteiger partial charge in [-0.3, -0.25) is 9.59 Å². The minimum absolute atomic E-state index is 0.0287. The average molecular weight is 443 g/mol. The van der Waals surface area contributed by atoms with Gasteiger partial charge in [0.05, 0.1) is 12.8 Å². The summed E-state index contributed by atoms with van der Waals surface area (Å²) in [7, 11) is 1.55. The Morgan fingerprint density at radius 3 is 2.00 bits per heavy atom. The van der Waals surface area contributed by atoms with Crippen LogP contribution in [-0.4, -0.2) is 18.9 Å². The molecule has 0 aliphatic heterocycles. The van der Waals surface area contributed by atoms with Crippen LogP contribution in [0.5, 0.6) is 5.75 Å². The number of nitrogens with one attached hydrogen (secondary N) is 2. The van der Waals surface area contributed by atoms with Crippen LogP contribution in [0.1, 0.15) is 35.4 Å². The Bertz CT molecular complexity index is 938. The maximum atomic E-state index is 12.3. The lowest BCUT2D eigenvalue weighted by Gasteiger charge is -2.13. The summed E-state index contributed by atoms with van der Waals surface area (Å²) in [5.74, 6) is 0.451. The van der Waals surface area contributed by atoms with Crippen LogP contribution in [0.3, 0.4) is 0 Å². The van der Waals surface area contributed by atoms with Crippen molar-refractivity contribution < 1.29 is 14.3 Å². The molecule has 0 spiro atoms. The molecular formula is C23H26N2O3S2. The molecule has 0 saturated carbocycles. The summed E-state index contributed by atoms with van der Waals surface area (Å²) in [5, 5.41) is 9.89. The van der Waals surface area contributed by atoms with Crippen LogP contribution in [0.2, 0.25) is 0 Å². The molecule has 30 heavy (non-hydrogen) atoms. The predicted octanol–water partition coefficient (Wildman–Crippen LogP) is 5.74. The summed E-state index contributed by atoms with van der Waals surface area (Å²) in [5.41, 5.74) is 1.26. The second-order valence-corrected chi connectivity index (χ2v) is 8.94. The largest absolute Gasteiger partial charge is 0.494 e. The summed E-state index contributed by atoms with van der Waals surface area (Å²) in [6.45, 7) is 0. The van der Waals surface area contributed by atoms with Crippen LogP contribution >= 0.6 is 22.7 Å². The van der Waals surface area contributed by atoms with Crippen LogP contribution < -0.4 is 15.4 Å². The monoisotopic (exact) mass is 442 g/mol. The van der Waals surface area contributed by atoms with E-state index in [1.165, 1.54) is 9.75 Å². The van der Waals surface area contributed by atoms with Crippen LogP contribution in [0, 0.1) is 0 Å². The van der Waals surface area contributed by atoms with Gasteiger partial charge in [-0.1, -0.05) is 12.1 Å². The molecule has 0 saturated heterocycles. The molecular weight excluding hydrogens is 416 g/mol. The number of ether oxygens (including phenoxy) is 1. The first-order valence-corrected chi connectivity index (χ1v) is 11.7. The third-order valence-electron chi connectivity index (χ3n) is 4.57. The standard InChI is InChI=1S/C23H26N2O3S2/c1-28-21-16-17(24-22(26)10-2-6-18-8-4-14-29-18)12-13-20(21)25-23(27)11-3-7-19-9-5-15-30-19/h4-5,8-9,12-16H,2-3,6-7,10-11H2,1H3,(H,24,26)(H,25,27). The molecule has 0 unspecified atom stereocenters. The molecule has 0 aliphatic carbocycles. The normalized spacial score (nSPS) is 10.6. The fourth-order valence-corrected chi connectivity index (χ4v) is 4.57. The summed E-state index contributed by atoms with van der Waals surface area (Å²) >= 11 is 3.42. The number of rotatable bonds is 11. The summed E-state index contributed by atoms with van der Waals surface area (Å²) in [6.07, 6.45) is 4.33. The van der Waals surface area contributed by atoms with Gasteiger partial charge >= 0.3 is 0 Å². The molecule has 5 nitrogen and oxygen atoms in total. The van der Waals surface area contributed by atoms with Gasteiger partial charge in [0.2, 0.25) is 11.8 Å². The molecule has 7 heteroatoms. The highest BCUT2D eigenvalue weighted by atomic mass is 32.1. The number of amides is 2. The molecule has 1 aromatic carbocycles. The van der Waals surface area contributed by atoms with Gasteiger partial charge in [0.15, 0.2) is 0 Å². The predicted molar refractivity (Wildman–Crippen MR) is 125 cm³/mol. The fraction of sp³-hybridized carbons (Fsp3) is 0.304. The van der Waals surface area contributed by atoms with Gasteiger partial charge < -0.3 is 15.4 Å². The zero-order valence-corrected chi connectivity index (χ0v) is 18.6. The first-order valence-electron chi connectivity index (χ1n) is 9.96. The lowest BCUT2D eigenvalue weighted by Crippen LogP contribution is -2.14. The van der Waals surface area contributed by atoms with Crippen molar-refractivity contribution in [2.45, 2.75) is 38.5 Å². The number of carbonyl (C=O) groups is 2. The van der Waals surface area contributed by atoms with Crippen molar-refractivity contribution in [1.82, 2.24) is 0 Å². The highest BCUT2D eigenvalue weighted by molar-refractivity contribution is 7.10. The molecule has 0 aliphatic rings. The fourth-order valence-electron chi connectivity index (χ4n) is 3.06. The molecule has 0 fully saturated rings. The summed E-state index contributed by atoms with van der Waals surface area (Å²) in [4.78, 5) is 27.0. The second-order valence-electron chi connectivity index (χ2n) is 6.88. The SMILES string of the molecule is COc1cc(NC(=O)CCCc2cccs2)ccc1NC(=O)CCCc1cccs1. The molecule has 0 atom stereocenters. The maximum absolute atomic E-state index is 12.3. The lowest BCUT2D eigenvalue weighted by atomic mass is 10.2. The van der Waals surface area contributed by atoms with E-state index in [-0.39, 0.29) is 11.8 Å². The van der Waals surface area contributed by atoms with Gasteiger partial charge in [-0.05, 0) is 60.7 Å². The van der Waals surface area contributed by atoms with Crippen molar-refractivity contribution in [2.75, 3.05) is 17.7 Å². The average Bonchev–Trinajstić information content (AvgIpc) is 3.43. The van der Waals surface area contributed by atoms with E-state index in [1.54, 1.807) is 48.0 Å². The third-order valence-corrected chi connectivity index (χ3v) is 6.45. The van der Waals surface area contributed by atoms with E-state index in [0.717, 1.165) is 25.7 Å². The van der Waals surface area contributed by atoms with Gasteiger partial charge in [-0.25, -0.2) is 0 Å². The van der Waals surface area contributed by atoms with E-state index >= 15 is 0 Å². The number of benzene rings is 1. The van der Waals surface area contributed by atoms with Crippen molar-refractivity contribution in [3.8, 4) is 5.75 Å². The minimum Gasteiger partial charge on any atom is -0.494 e. The number of anilines is 2. The molecule has 2 heterocycles. The zero-order valence-electron chi connectivity index (χ0n) is 17.0. The lowest BCUT2D eigenvalue weighted by molar-refractivity contribution is -0.117. The van der Waals surface area contributed by atoms with E-state index in [9.17, 15) is 9.59 Å².